The molecule has 2 aromatic carbocycles. The maximum Gasteiger partial charge on any atom is 0.357 e. The van der Waals surface area contributed by atoms with E-state index in [2.05, 4.69) is 52.4 Å². The number of pyridine rings is 1. The van der Waals surface area contributed by atoms with Crippen LogP contribution >= 0.6 is 0 Å². The monoisotopic (exact) mass is 358 g/mol. The molecule has 0 spiro atoms. The number of benzene rings is 2. The van der Waals surface area contributed by atoms with E-state index >= 15 is 0 Å². The number of hydrogen-bond donors (Lipinski definition) is 1. The van der Waals surface area contributed by atoms with E-state index in [1.54, 1.807) is 13.1 Å². The molecule has 0 aliphatic heterocycles. The Hall–Kier alpha value is -3.14. The number of hydrogen-bond acceptors (Lipinski definition) is 3. The van der Waals surface area contributed by atoms with Crippen molar-refractivity contribution in [2.75, 3.05) is 6.61 Å². The van der Waals surface area contributed by atoms with Gasteiger partial charge in [-0.05, 0) is 55.5 Å². The molecule has 2 aromatic heterocycles. The number of fused-ring (bicyclic) bond motifs is 3. The summed E-state index contributed by atoms with van der Waals surface area (Å²) in [5, 5.41) is 2.17. The van der Waals surface area contributed by atoms with Gasteiger partial charge >= 0.3 is 5.97 Å². The van der Waals surface area contributed by atoms with Crippen molar-refractivity contribution in [2.45, 2.75) is 26.7 Å². The smallest absolute Gasteiger partial charge is 0.357 e. The first-order valence-electron chi connectivity index (χ1n) is 9.28. The SMILES string of the molecule is CCOC(=O)c1ncc2[nH]c3ccc(CCc4ccccc4)cc3c2c1C. The molecule has 0 saturated heterocycles. The van der Waals surface area contributed by atoms with Crippen molar-refractivity contribution >= 4 is 27.8 Å². The third kappa shape index (κ3) is 3.31. The van der Waals surface area contributed by atoms with Crippen LogP contribution in [0.1, 0.15) is 34.1 Å². The van der Waals surface area contributed by atoms with Gasteiger partial charge in [0.05, 0.1) is 18.3 Å². The summed E-state index contributed by atoms with van der Waals surface area (Å²) in [5.41, 5.74) is 5.86. The molecular formula is C23H22N2O2. The molecule has 4 heteroatoms. The van der Waals surface area contributed by atoms with Crippen LogP contribution in [-0.2, 0) is 17.6 Å². The van der Waals surface area contributed by atoms with E-state index < -0.39 is 0 Å². The molecule has 0 bridgehead atoms. The van der Waals surface area contributed by atoms with Gasteiger partial charge in [-0.3, -0.25) is 0 Å². The lowest BCUT2D eigenvalue weighted by Crippen LogP contribution is -2.09. The minimum Gasteiger partial charge on any atom is -0.461 e. The number of nitrogens with one attached hydrogen (secondary N) is 1. The molecule has 1 N–H and O–H groups in total. The Balaban J connectivity index is 1.74. The van der Waals surface area contributed by atoms with Gasteiger partial charge in [-0.2, -0.15) is 0 Å². The molecule has 2 heterocycles. The van der Waals surface area contributed by atoms with E-state index in [0.29, 0.717) is 12.3 Å². The number of aromatic amines is 1. The van der Waals surface area contributed by atoms with E-state index in [1.165, 1.54) is 11.1 Å². The largest absolute Gasteiger partial charge is 0.461 e. The van der Waals surface area contributed by atoms with Crippen LogP contribution in [0.3, 0.4) is 0 Å². The first-order chi connectivity index (χ1) is 13.2. The highest BCUT2D eigenvalue weighted by Crippen LogP contribution is 2.30. The Labute approximate surface area is 158 Å². The van der Waals surface area contributed by atoms with E-state index in [9.17, 15) is 4.79 Å². The van der Waals surface area contributed by atoms with Crippen molar-refractivity contribution < 1.29 is 9.53 Å². The molecule has 0 atom stereocenters. The number of aryl methyl sites for hydroxylation is 3. The number of esters is 1. The number of rotatable bonds is 5. The van der Waals surface area contributed by atoms with Crippen LogP contribution in [0.15, 0.2) is 54.7 Å². The summed E-state index contributed by atoms with van der Waals surface area (Å²) in [7, 11) is 0. The van der Waals surface area contributed by atoms with Crippen molar-refractivity contribution in [2.24, 2.45) is 0 Å². The molecule has 4 aromatic rings. The van der Waals surface area contributed by atoms with Gasteiger partial charge in [-0.15, -0.1) is 0 Å². The zero-order chi connectivity index (χ0) is 18.8. The third-order valence-corrected chi connectivity index (χ3v) is 4.96. The molecule has 0 aliphatic carbocycles. The van der Waals surface area contributed by atoms with Crippen molar-refractivity contribution in [3.8, 4) is 0 Å². The van der Waals surface area contributed by atoms with Gasteiger partial charge in [0, 0.05) is 16.3 Å². The standard InChI is InChI=1S/C23H22N2O2/c1-3-27-23(26)22-15(2)21-18-13-17(10-9-16-7-5-4-6-8-16)11-12-19(18)25-20(21)14-24-22/h4-8,11-14,25H,3,9-10H2,1-2H3. The molecule has 0 saturated carbocycles. The number of carbonyl (C=O) groups is 1. The number of carbonyl (C=O) groups excluding carboxylic acids is 1. The minimum atomic E-state index is -0.369. The molecule has 4 nitrogen and oxygen atoms in total. The molecule has 4 rings (SSSR count). The van der Waals surface area contributed by atoms with Crippen LogP contribution in [0, 0.1) is 6.92 Å². The predicted octanol–water partition coefficient (Wildman–Crippen LogP) is 4.99. The summed E-state index contributed by atoms with van der Waals surface area (Å²) in [6, 6.07) is 17.0. The van der Waals surface area contributed by atoms with Crippen molar-refractivity contribution in [1.29, 1.82) is 0 Å². The average Bonchev–Trinajstić information content (AvgIpc) is 3.06. The van der Waals surface area contributed by atoms with Crippen molar-refractivity contribution in [3.63, 3.8) is 0 Å². The fourth-order valence-corrected chi connectivity index (χ4v) is 3.60. The summed E-state index contributed by atoms with van der Waals surface area (Å²) >= 11 is 0. The number of H-pyrrole nitrogens is 1. The highest BCUT2D eigenvalue weighted by molar-refractivity contribution is 6.11. The molecule has 0 fully saturated rings. The quantitative estimate of drug-likeness (QED) is 0.512. The zero-order valence-electron chi connectivity index (χ0n) is 15.6. The lowest BCUT2D eigenvalue weighted by Gasteiger charge is -2.06. The second-order valence-corrected chi connectivity index (χ2v) is 6.73. The molecule has 0 amide bonds. The van der Waals surface area contributed by atoms with Gasteiger partial charge < -0.3 is 9.72 Å². The van der Waals surface area contributed by atoms with Crippen LogP contribution in [0.4, 0.5) is 0 Å². The van der Waals surface area contributed by atoms with Gasteiger partial charge in [0.2, 0.25) is 0 Å². The average molecular weight is 358 g/mol. The summed E-state index contributed by atoms with van der Waals surface area (Å²) in [6.07, 6.45) is 3.70. The highest BCUT2D eigenvalue weighted by atomic mass is 16.5. The Morgan fingerprint density at radius 3 is 2.59 bits per heavy atom. The normalized spacial score (nSPS) is 11.2. The van der Waals surface area contributed by atoms with Crippen LogP contribution in [0.5, 0.6) is 0 Å². The number of ether oxygens (including phenoxy) is 1. The fraction of sp³-hybridized carbons (Fsp3) is 0.217. The van der Waals surface area contributed by atoms with Crippen LogP contribution in [-0.4, -0.2) is 22.5 Å². The van der Waals surface area contributed by atoms with Gasteiger partial charge in [-0.1, -0.05) is 36.4 Å². The van der Waals surface area contributed by atoms with E-state index in [0.717, 1.165) is 40.2 Å². The molecule has 136 valence electrons. The molecule has 0 unspecified atom stereocenters. The molecular weight excluding hydrogens is 336 g/mol. The third-order valence-electron chi connectivity index (χ3n) is 4.96. The summed E-state index contributed by atoms with van der Waals surface area (Å²) < 4.78 is 5.15. The van der Waals surface area contributed by atoms with Gasteiger partial charge in [0.15, 0.2) is 5.69 Å². The fourth-order valence-electron chi connectivity index (χ4n) is 3.60. The Morgan fingerprint density at radius 1 is 1.04 bits per heavy atom. The molecule has 0 radical (unpaired) electrons. The van der Waals surface area contributed by atoms with Crippen LogP contribution in [0.25, 0.3) is 21.8 Å². The maximum atomic E-state index is 12.2. The summed E-state index contributed by atoms with van der Waals surface area (Å²) in [5.74, 6) is -0.369. The molecule has 27 heavy (non-hydrogen) atoms. The molecule has 0 aliphatic rings. The van der Waals surface area contributed by atoms with Gasteiger partial charge in [-0.25, -0.2) is 9.78 Å². The van der Waals surface area contributed by atoms with Crippen LogP contribution in [0.2, 0.25) is 0 Å². The Bertz CT molecular complexity index is 1110. The number of nitrogens with zero attached hydrogens (tertiary/aromatic N) is 1. The first-order valence-corrected chi connectivity index (χ1v) is 9.28. The predicted molar refractivity (Wildman–Crippen MR) is 108 cm³/mol. The Kier molecular flexibility index (Phi) is 4.63. The van der Waals surface area contributed by atoms with Crippen molar-refractivity contribution in [1.82, 2.24) is 9.97 Å². The van der Waals surface area contributed by atoms with Crippen LogP contribution < -0.4 is 0 Å². The zero-order valence-corrected chi connectivity index (χ0v) is 15.6. The van der Waals surface area contributed by atoms with Gasteiger partial charge in [0.25, 0.3) is 0 Å². The number of aromatic nitrogens is 2. The van der Waals surface area contributed by atoms with Crippen molar-refractivity contribution in [3.05, 3.63) is 77.1 Å². The second-order valence-electron chi connectivity index (χ2n) is 6.73. The van der Waals surface area contributed by atoms with E-state index in [4.69, 9.17) is 4.74 Å². The first kappa shape index (κ1) is 17.3. The summed E-state index contributed by atoms with van der Waals surface area (Å²) in [6.45, 7) is 4.08. The van der Waals surface area contributed by atoms with E-state index in [-0.39, 0.29) is 5.97 Å². The lowest BCUT2D eigenvalue weighted by atomic mass is 10.0. The van der Waals surface area contributed by atoms with E-state index in [1.807, 2.05) is 13.0 Å². The summed E-state index contributed by atoms with van der Waals surface area (Å²) in [4.78, 5) is 19.9. The highest BCUT2D eigenvalue weighted by Gasteiger charge is 2.17. The maximum absolute atomic E-state index is 12.2. The van der Waals surface area contributed by atoms with Gasteiger partial charge in [0.1, 0.15) is 0 Å². The Morgan fingerprint density at radius 2 is 1.81 bits per heavy atom. The minimum absolute atomic E-state index is 0.343. The topological polar surface area (TPSA) is 55.0 Å². The second kappa shape index (κ2) is 7.23. The lowest BCUT2D eigenvalue weighted by molar-refractivity contribution is 0.0519.